The number of halogens is 2. The molecule has 1 aromatic rings. The average Bonchev–Trinajstić information content (AvgIpc) is 3.02. The molecule has 0 saturated carbocycles. The Hall–Kier alpha value is 0.1000. The van der Waals surface area contributed by atoms with E-state index in [2.05, 4.69) is 49.9 Å². The summed E-state index contributed by atoms with van der Waals surface area (Å²) in [5.41, 5.74) is 0. The Morgan fingerprint density at radius 3 is 2.88 bits per heavy atom. The average molecular weight is 546 g/mol. The fourth-order valence-corrected chi connectivity index (χ4v) is 3.85. The zero-order chi connectivity index (χ0) is 17.0. The van der Waals surface area contributed by atoms with Crippen molar-refractivity contribution in [2.45, 2.75) is 32.7 Å². The Morgan fingerprint density at radius 1 is 1.40 bits per heavy atom. The van der Waals surface area contributed by atoms with Gasteiger partial charge in [0.15, 0.2) is 5.96 Å². The number of thiophene rings is 1. The third kappa shape index (κ3) is 10.1. The lowest BCUT2D eigenvalue weighted by atomic mass is 10.0. The highest BCUT2D eigenvalue weighted by Crippen LogP contribution is 2.20. The number of nitrogens with zero attached hydrogens (tertiary/aromatic N) is 1. The van der Waals surface area contributed by atoms with E-state index in [1.165, 1.54) is 4.88 Å². The van der Waals surface area contributed by atoms with Crippen molar-refractivity contribution in [2.24, 2.45) is 10.9 Å². The summed E-state index contributed by atoms with van der Waals surface area (Å²) in [4.78, 5) is 5.87. The number of hydrogen-bond acceptors (Lipinski definition) is 4. The third-order valence-electron chi connectivity index (χ3n) is 3.81. The van der Waals surface area contributed by atoms with Crippen molar-refractivity contribution >= 4 is 57.2 Å². The highest BCUT2D eigenvalue weighted by atomic mass is 127. The zero-order valence-electron chi connectivity index (χ0n) is 14.8. The first-order valence-corrected chi connectivity index (χ1v) is 10.4. The molecule has 8 heteroatoms. The van der Waals surface area contributed by atoms with Crippen LogP contribution in [-0.2, 0) is 16.0 Å². The maximum absolute atomic E-state index is 5.79. The van der Waals surface area contributed by atoms with Gasteiger partial charge in [0.1, 0.15) is 0 Å². The Balaban J connectivity index is 0.00000312. The van der Waals surface area contributed by atoms with Gasteiger partial charge in [-0.05, 0) is 54.1 Å². The van der Waals surface area contributed by atoms with Gasteiger partial charge in [0, 0.05) is 54.2 Å². The number of nitrogens with one attached hydrogen (secondary N) is 2. The number of guanidine groups is 1. The van der Waals surface area contributed by atoms with Crippen molar-refractivity contribution in [2.75, 3.05) is 39.5 Å². The maximum atomic E-state index is 5.79. The van der Waals surface area contributed by atoms with Gasteiger partial charge in [-0.2, -0.15) is 0 Å². The first-order chi connectivity index (χ1) is 11.8. The quantitative estimate of drug-likeness (QED) is 0.213. The van der Waals surface area contributed by atoms with E-state index in [9.17, 15) is 0 Å². The predicted octanol–water partition coefficient (Wildman–Crippen LogP) is 4.02. The van der Waals surface area contributed by atoms with E-state index >= 15 is 0 Å². The normalized spacial score (nSPS) is 15.7. The second-order valence-corrected chi connectivity index (χ2v) is 7.75. The van der Waals surface area contributed by atoms with Gasteiger partial charge in [-0.15, -0.1) is 35.3 Å². The molecule has 0 amide bonds. The van der Waals surface area contributed by atoms with Crippen LogP contribution in [0.5, 0.6) is 0 Å². The van der Waals surface area contributed by atoms with Crippen LogP contribution in [0.3, 0.4) is 0 Å². The molecule has 0 spiro atoms. The highest BCUT2D eigenvalue weighted by Gasteiger charge is 2.13. The molecule has 5 nitrogen and oxygen atoms in total. The van der Waals surface area contributed by atoms with Crippen LogP contribution in [0.25, 0.3) is 0 Å². The molecule has 2 heterocycles. The van der Waals surface area contributed by atoms with Gasteiger partial charge >= 0.3 is 0 Å². The monoisotopic (exact) mass is 545 g/mol. The summed E-state index contributed by atoms with van der Waals surface area (Å²) < 4.78 is 12.3. The van der Waals surface area contributed by atoms with Gasteiger partial charge in [0.2, 0.25) is 0 Å². The molecule has 1 aliphatic heterocycles. The number of rotatable bonds is 9. The molecule has 1 aromatic heterocycles. The predicted molar refractivity (Wildman–Crippen MR) is 119 cm³/mol. The lowest BCUT2D eigenvalue weighted by Gasteiger charge is -2.21. The van der Waals surface area contributed by atoms with E-state index in [0.717, 1.165) is 69.2 Å². The van der Waals surface area contributed by atoms with E-state index in [0.29, 0.717) is 12.5 Å². The van der Waals surface area contributed by atoms with Gasteiger partial charge in [-0.1, -0.05) is 0 Å². The molecule has 1 saturated heterocycles. The number of hydrogen-bond donors (Lipinski definition) is 2. The second kappa shape index (κ2) is 14.2. The minimum absolute atomic E-state index is 0. The van der Waals surface area contributed by atoms with Crippen molar-refractivity contribution < 1.29 is 9.47 Å². The standard InChI is InChI=1S/C17H28BrN3O2S.HI/c1-2-19-17(21-11-16-10-15(18)13-24-16)20-6-3-7-23-12-14-4-8-22-9-5-14;/h10,13-14H,2-9,11-12H2,1H3,(H2,19,20,21);1H. The maximum Gasteiger partial charge on any atom is 0.191 e. The van der Waals surface area contributed by atoms with Crippen LogP contribution in [0.15, 0.2) is 20.9 Å². The Morgan fingerprint density at radius 2 is 2.20 bits per heavy atom. The molecule has 1 aliphatic rings. The number of ether oxygens (including phenoxy) is 2. The van der Waals surface area contributed by atoms with Crippen molar-refractivity contribution in [1.82, 2.24) is 10.6 Å². The summed E-state index contributed by atoms with van der Waals surface area (Å²) in [6.45, 7) is 7.94. The highest BCUT2D eigenvalue weighted by molar-refractivity contribution is 14.0. The van der Waals surface area contributed by atoms with Gasteiger partial charge in [0.05, 0.1) is 6.54 Å². The lowest BCUT2D eigenvalue weighted by molar-refractivity contribution is 0.0203. The molecule has 144 valence electrons. The molecular formula is C17H29BrIN3O2S. The van der Waals surface area contributed by atoms with Crippen molar-refractivity contribution in [3.05, 3.63) is 20.8 Å². The van der Waals surface area contributed by atoms with Crippen LogP contribution in [0.1, 0.15) is 31.1 Å². The van der Waals surface area contributed by atoms with Gasteiger partial charge in [-0.25, -0.2) is 4.99 Å². The van der Waals surface area contributed by atoms with Crippen LogP contribution in [-0.4, -0.2) is 45.5 Å². The van der Waals surface area contributed by atoms with Crippen LogP contribution < -0.4 is 10.6 Å². The van der Waals surface area contributed by atoms with Crippen molar-refractivity contribution in [1.29, 1.82) is 0 Å². The molecule has 0 atom stereocenters. The van der Waals surface area contributed by atoms with Crippen LogP contribution in [0, 0.1) is 5.92 Å². The lowest BCUT2D eigenvalue weighted by Crippen LogP contribution is -2.38. The van der Waals surface area contributed by atoms with Crippen molar-refractivity contribution in [3.63, 3.8) is 0 Å². The molecule has 2 N–H and O–H groups in total. The van der Waals surface area contributed by atoms with Crippen molar-refractivity contribution in [3.8, 4) is 0 Å². The summed E-state index contributed by atoms with van der Waals surface area (Å²) in [6, 6.07) is 2.11. The van der Waals surface area contributed by atoms with E-state index < -0.39 is 0 Å². The topological polar surface area (TPSA) is 54.9 Å². The second-order valence-electron chi connectivity index (χ2n) is 5.84. The minimum Gasteiger partial charge on any atom is -0.381 e. The van der Waals surface area contributed by atoms with Crippen LogP contribution in [0.4, 0.5) is 0 Å². The van der Waals surface area contributed by atoms with Crippen LogP contribution in [0.2, 0.25) is 0 Å². The third-order valence-corrected chi connectivity index (χ3v) is 5.49. The number of aliphatic imine (C=N–C) groups is 1. The fraction of sp³-hybridized carbons (Fsp3) is 0.706. The molecule has 0 radical (unpaired) electrons. The molecule has 25 heavy (non-hydrogen) atoms. The summed E-state index contributed by atoms with van der Waals surface area (Å²) in [5, 5.41) is 8.73. The van der Waals surface area contributed by atoms with E-state index in [1.54, 1.807) is 11.3 Å². The molecule has 0 bridgehead atoms. The molecule has 2 rings (SSSR count). The summed E-state index contributed by atoms with van der Waals surface area (Å²) in [6.07, 6.45) is 3.25. The molecular weight excluding hydrogens is 517 g/mol. The Bertz CT molecular complexity index is 496. The molecule has 0 unspecified atom stereocenters. The van der Waals surface area contributed by atoms with Gasteiger partial charge in [-0.3, -0.25) is 0 Å². The van der Waals surface area contributed by atoms with E-state index in [-0.39, 0.29) is 24.0 Å². The van der Waals surface area contributed by atoms with E-state index in [1.807, 2.05) is 0 Å². The fourth-order valence-electron chi connectivity index (χ4n) is 2.48. The van der Waals surface area contributed by atoms with Crippen LogP contribution >= 0.6 is 51.2 Å². The first-order valence-electron chi connectivity index (χ1n) is 8.68. The molecule has 0 aliphatic carbocycles. The Kier molecular flexibility index (Phi) is 13.1. The summed E-state index contributed by atoms with van der Waals surface area (Å²) in [5.74, 6) is 1.54. The summed E-state index contributed by atoms with van der Waals surface area (Å²) in [7, 11) is 0. The smallest absolute Gasteiger partial charge is 0.191 e. The van der Waals surface area contributed by atoms with Gasteiger partial charge < -0.3 is 20.1 Å². The largest absolute Gasteiger partial charge is 0.381 e. The van der Waals surface area contributed by atoms with E-state index in [4.69, 9.17) is 9.47 Å². The summed E-state index contributed by atoms with van der Waals surface area (Å²) >= 11 is 5.19. The minimum atomic E-state index is 0. The SMILES string of the molecule is CCNC(=NCc1cc(Br)cs1)NCCCOCC1CCOCC1.I. The Labute approximate surface area is 180 Å². The molecule has 0 aromatic carbocycles. The molecule has 1 fully saturated rings. The van der Waals surface area contributed by atoms with Gasteiger partial charge in [0.25, 0.3) is 0 Å². The zero-order valence-corrected chi connectivity index (χ0v) is 19.5. The first kappa shape index (κ1) is 23.1.